The van der Waals surface area contributed by atoms with E-state index in [4.69, 9.17) is 9.47 Å². The van der Waals surface area contributed by atoms with E-state index in [0.717, 1.165) is 10.5 Å². The first-order valence-corrected chi connectivity index (χ1v) is 8.95. The average Bonchev–Trinajstić information content (AvgIpc) is 2.98. The number of carbonyl (C=O) groups excluding carboxylic acids is 3. The third-order valence-electron chi connectivity index (χ3n) is 4.48. The van der Waals surface area contributed by atoms with Crippen LogP contribution in [-0.4, -0.2) is 43.5 Å². The molecule has 1 fully saturated rings. The fourth-order valence-electron chi connectivity index (χ4n) is 2.92. The fourth-order valence-corrected chi connectivity index (χ4v) is 2.92. The van der Waals surface area contributed by atoms with E-state index in [0.29, 0.717) is 17.1 Å². The number of anilines is 1. The Morgan fingerprint density at radius 1 is 1.17 bits per heavy atom. The number of carbonyl (C=O) groups is 3. The second kappa shape index (κ2) is 8.64. The SMILES string of the molecule is COc1cc(C)c(/C=C2\NC(=O)N(CC(=O)Nc3ccccc3F)C2=O)cc1OC. The van der Waals surface area contributed by atoms with Gasteiger partial charge in [0.15, 0.2) is 11.5 Å². The number of amides is 4. The molecule has 9 heteroatoms. The molecule has 0 spiro atoms. The van der Waals surface area contributed by atoms with E-state index in [9.17, 15) is 18.8 Å². The largest absolute Gasteiger partial charge is 0.493 e. The van der Waals surface area contributed by atoms with Crippen LogP contribution in [0.2, 0.25) is 0 Å². The molecule has 1 aliphatic rings. The fraction of sp³-hybridized carbons (Fsp3) is 0.190. The number of halogens is 1. The van der Waals surface area contributed by atoms with Crippen molar-refractivity contribution in [3.63, 3.8) is 0 Å². The van der Waals surface area contributed by atoms with Gasteiger partial charge in [0.2, 0.25) is 5.91 Å². The molecular formula is C21H20FN3O5. The minimum Gasteiger partial charge on any atom is -0.493 e. The number of benzene rings is 2. The first kappa shape index (κ1) is 20.8. The minimum absolute atomic E-state index is 0.00834. The van der Waals surface area contributed by atoms with Crippen LogP contribution in [-0.2, 0) is 9.59 Å². The molecule has 30 heavy (non-hydrogen) atoms. The summed E-state index contributed by atoms with van der Waals surface area (Å²) in [6.07, 6.45) is 1.49. The number of para-hydroxylation sites is 1. The molecule has 2 aromatic rings. The molecule has 0 radical (unpaired) electrons. The molecule has 0 aromatic heterocycles. The molecule has 0 aliphatic carbocycles. The number of ether oxygens (including phenoxy) is 2. The van der Waals surface area contributed by atoms with E-state index in [1.807, 2.05) is 6.92 Å². The summed E-state index contributed by atoms with van der Waals surface area (Å²) in [5.41, 5.74) is 1.40. The van der Waals surface area contributed by atoms with Gasteiger partial charge in [-0.15, -0.1) is 0 Å². The molecule has 3 rings (SSSR count). The smallest absolute Gasteiger partial charge is 0.329 e. The quantitative estimate of drug-likeness (QED) is 0.561. The number of hydrogen-bond donors (Lipinski definition) is 2. The summed E-state index contributed by atoms with van der Waals surface area (Å²) >= 11 is 0. The topological polar surface area (TPSA) is 97.0 Å². The van der Waals surface area contributed by atoms with Gasteiger partial charge in [0, 0.05) is 0 Å². The van der Waals surface area contributed by atoms with Crippen LogP contribution in [0.5, 0.6) is 11.5 Å². The van der Waals surface area contributed by atoms with Gasteiger partial charge in [0.05, 0.1) is 19.9 Å². The molecule has 1 saturated heterocycles. The Labute approximate surface area is 172 Å². The summed E-state index contributed by atoms with van der Waals surface area (Å²) in [4.78, 5) is 37.8. The van der Waals surface area contributed by atoms with Gasteiger partial charge in [-0.1, -0.05) is 12.1 Å². The van der Waals surface area contributed by atoms with Gasteiger partial charge in [-0.3, -0.25) is 9.59 Å². The lowest BCUT2D eigenvalue weighted by atomic mass is 10.1. The number of aryl methyl sites for hydroxylation is 1. The van der Waals surface area contributed by atoms with Crippen LogP contribution in [0.25, 0.3) is 6.08 Å². The van der Waals surface area contributed by atoms with Crippen molar-refractivity contribution >= 4 is 29.6 Å². The average molecular weight is 413 g/mol. The Bertz CT molecular complexity index is 1050. The number of nitrogens with zero attached hydrogens (tertiary/aromatic N) is 1. The van der Waals surface area contributed by atoms with E-state index in [2.05, 4.69) is 10.6 Å². The minimum atomic E-state index is -0.743. The lowest BCUT2D eigenvalue weighted by Gasteiger charge is -2.12. The van der Waals surface area contributed by atoms with Crippen molar-refractivity contribution in [1.29, 1.82) is 0 Å². The highest BCUT2D eigenvalue weighted by molar-refractivity contribution is 6.16. The van der Waals surface area contributed by atoms with Crippen molar-refractivity contribution in [2.24, 2.45) is 0 Å². The lowest BCUT2D eigenvalue weighted by Crippen LogP contribution is -2.38. The highest BCUT2D eigenvalue weighted by Crippen LogP contribution is 2.31. The van der Waals surface area contributed by atoms with Crippen molar-refractivity contribution in [1.82, 2.24) is 10.2 Å². The summed E-state index contributed by atoms with van der Waals surface area (Å²) in [6, 6.07) is 8.28. The van der Waals surface area contributed by atoms with Crippen LogP contribution >= 0.6 is 0 Å². The first-order chi connectivity index (χ1) is 14.3. The van der Waals surface area contributed by atoms with Gasteiger partial charge in [-0.2, -0.15) is 0 Å². The summed E-state index contributed by atoms with van der Waals surface area (Å²) in [5.74, 6) is -0.990. The van der Waals surface area contributed by atoms with E-state index in [1.165, 1.54) is 38.5 Å². The molecule has 8 nitrogen and oxygen atoms in total. The van der Waals surface area contributed by atoms with Crippen LogP contribution in [0.1, 0.15) is 11.1 Å². The van der Waals surface area contributed by atoms with Gasteiger partial charge in [-0.25, -0.2) is 14.1 Å². The number of imide groups is 1. The van der Waals surface area contributed by atoms with Crippen molar-refractivity contribution in [2.75, 3.05) is 26.1 Å². The molecular weight excluding hydrogens is 393 g/mol. The number of urea groups is 1. The maximum Gasteiger partial charge on any atom is 0.329 e. The standard InChI is InChI=1S/C21H20FN3O5/c1-12-8-17(29-2)18(30-3)10-13(12)9-16-20(27)25(21(28)24-16)11-19(26)23-15-7-5-4-6-14(15)22/h4-10H,11H2,1-3H3,(H,23,26)(H,24,28)/b16-9-. The van der Waals surface area contributed by atoms with Crippen molar-refractivity contribution in [2.45, 2.75) is 6.92 Å². The molecule has 0 atom stereocenters. The lowest BCUT2D eigenvalue weighted by molar-refractivity contribution is -0.127. The van der Waals surface area contributed by atoms with Crippen LogP contribution in [0, 0.1) is 12.7 Å². The highest BCUT2D eigenvalue weighted by atomic mass is 19.1. The van der Waals surface area contributed by atoms with E-state index >= 15 is 0 Å². The second-order valence-electron chi connectivity index (χ2n) is 6.47. The van der Waals surface area contributed by atoms with Gasteiger partial charge in [0.25, 0.3) is 5.91 Å². The molecule has 1 aliphatic heterocycles. The van der Waals surface area contributed by atoms with Gasteiger partial charge in [0.1, 0.15) is 18.1 Å². The predicted molar refractivity (Wildman–Crippen MR) is 108 cm³/mol. The molecule has 0 saturated carbocycles. The first-order valence-electron chi connectivity index (χ1n) is 8.95. The van der Waals surface area contributed by atoms with Crippen molar-refractivity contribution in [3.8, 4) is 11.5 Å². The number of methoxy groups -OCH3 is 2. The van der Waals surface area contributed by atoms with Crippen LogP contribution in [0.3, 0.4) is 0 Å². The maximum absolute atomic E-state index is 13.7. The van der Waals surface area contributed by atoms with E-state index in [1.54, 1.807) is 18.2 Å². The zero-order valence-corrected chi connectivity index (χ0v) is 16.6. The molecule has 2 N–H and O–H groups in total. The molecule has 2 aromatic carbocycles. The number of hydrogen-bond acceptors (Lipinski definition) is 5. The van der Waals surface area contributed by atoms with Crippen LogP contribution in [0.15, 0.2) is 42.1 Å². The Morgan fingerprint density at radius 2 is 1.83 bits per heavy atom. The Morgan fingerprint density at radius 3 is 2.50 bits per heavy atom. The predicted octanol–water partition coefficient (Wildman–Crippen LogP) is 2.68. The molecule has 4 amide bonds. The Balaban J connectivity index is 1.78. The Hall–Kier alpha value is -3.88. The number of rotatable bonds is 6. The molecule has 156 valence electrons. The summed E-state index contributed by atoms with van der Waals surface area (Å²) < 4.78 is 24.2. The number of nitrogens with one attached hydrogen (secondary N) is 2. The van der Waals surface area contributed by atoms with Gasteiger partial charge >= 0.3 is 6.03 Å². The van der Waals surface area contributed by atoms with Crippen molar-refractivity contribution < 1.29 is 28.2 Å². The third-order valence-corrected chi connectivity index (χ3v) is 4.48. The Kier molecular flexibility index (Phi) is 6.01. The van der Waals surface area contributed by atoms with E-state index in [-0.39, 0.29) is 11.4 Å². The third kappa shape index (κ3) is 4.24. The second-order valence-corrected chi connectivity index (χ2v) is 6.47. The van der Waals surface area contributed by atoms with Crippen molar-refractivity contribution in [3.05, 3.63) is 59.0 Å². The van der Waals surface area contributed by atoms with Crippen LogP contribution in [0.4, 0.5) is 14.9 Å². The van der Waals surface area contributed by atoms with Gasteiger partial charge in [-0.05, 0) is 48.4 Å². The molecule has 0 unspecified atom stereocenters. The highest BCUT2D eigenvalue weighted by Gasteiger charge is 2.35. The monoisotopic (exact) mass is 413 g/mol. The maximum atomic E-state index is 13.7. The van der Waals surface area contributed by atoms with Crippen LogP contribution < -0.4 is 20.1 Å². The van der Waals surface area contributed by atoms with Gasteiger partial charge < -0.3 is 20.1 Å². The molecule has 1 heterocycles. The molecule has 0 bridgehead atoms. The van der Waals surface area contributed by atoms with E-state index < -0.39 is 30.2 Å². The normalized spacial score (nSPS) is 14.7. The zero-order chi connectivity index (χ0) is 21.8. The zero-order valence-electron chi connectivity index (χ0n) is 16.6. The summed E-state index contributed by atoms with van der Waals surface area (Å²) in [6.45, 7) is 1.26. The summed E-state index contributed by atoms with van der Waals surface area (Å²) in [5, 5.41) is 4.79. The summed E-state index contributed by atoms with van der Waals surface area (Å²) in [7, 11) is 3.00.